The standard InChI is InChI=1S/C13H9BrN2O2S2/c1-18-10-3-2-7(6-9(10)14)16-12(17)8-4-5-20-11(8)15-13(16)19/h2-6H,1H3,(H,15,19). The van der Waals surface area contributed by atoms with Crippen LogP contribution in [0.3, 0.4) is 0 Å². The second-order valence-corrected chi connectivity index (χ2v) is 6.21. The zero-order valence-corrected chi connectivity index (χ0v) is 13.6. The van der Waals surface area contributed by atoms with Crippen molar-refractivity contribution in [2.75, 3.05) is 7.11 Å². The van der Waals surface area contributed by atoms with Gasteiger partial charge in [0.15, 0.2) is 4.77 Å². The highest BCUT2D eigenvalue weighted by molar-refractivity contribution is 9.10. The molecule has 0 fully saturated rings. The number of hydrogen-bond donors (Lipinski definition) is 1. The Bertz CT molecular complexity index is 911. The molecule has 3 rings (SSSR count). The van der Waals surface area contributed by atoms with E-state index >= 15 is 0 Å². The van der Waals surface area contributed by atoms with Gasteiger partial charge in [-0.1, -0.05) is 0 Å². The average Bonchev–Trinajstić information content (AvgIpc) is 2.87. The van der Waals surface area contributed by atoms with E-state index in [1.165, 1.54) is 15.9 Å². The first-order valence-corrected chi connectivity index (χ1v) is 7.76. The van der Waals surface area contributed by atoms with Gasteiger partial charge in [0, 0.05) is 0 Å². The minimum Gasteiger partial charge on any atom is -0.496 e. The maximum Gasteiger partial charge on any atom is 0.267 e. The second-order valence-electron chi connectivity index (χ2n) is 4.05. The molecule has 1 aromatic carbocycles. The SMILES string of the molecule is COc1ccc(-n2c(=S)[nH]c3sccc3c2=O)cc1Br. The Hall–Kier alpha value is -1.44. The third-order valence-corrected chi connectivity index (χ3v) is 4.65. The number of nitrogens with zero attached hydrogens (tertiary/aromatic N) is 1. The number of ether oxygens (including phenoxy) is 1. The normalized spacial score (nSPS) is 10.9. The molecule has 0 amide bonds. The summed E-state index contributed by atoms with van der Waals surface area (Å²) in [6, 6.07) is 7.19. The molecular formula is C13H9BrN2O2S2. The molecule has 2 aromatic heterocycles. The average molecular weight is 369 g/mol. The molecular weight excluding hydrogens is 360 g/mol. The highest BCUT2D eigenvalue weighted by Gasteiger charge is 2.10. The molecule has 102 valence electrons. The molecule has 7 heteroatoms. The summed E-state index contributed by atoms with van der Waals surface area (Å²) < 4.78 is 7.81. The van der Waals surface area contributed by atoms with Gasteiger partial charge in [-0.2, -0.15) is 0 Å². The van der Waals surface area contributed by atoms with Crippen molar-refractivity contribution >= 4 is 49.7 Å². The van der Waals surface area contributed by atoms with Crippen molar-refractivity contribution < 1.29 is 4.74 Å². The first-order chi connectivity index (χ1) is 9.61. The van der Waals surface area contributed by atoms with Crippen molar-refractivity contribution in [3.8, 4) is 11.4 Å². The lowest BCUT2D eigenvalue weighted by Gasteiger charge is -2.09. The molecule has 0 radical (unpaired) electrons. The summed E-state index contributed by atoms with van der Waals surface area (Å²) in [5.41, 5.74) is 0.569. The number of benzene rings is 1. The van der Waals surface area contributed by atoms with E-state index in [0.29, 0.717) is 21.6 Å². The van der Waals surface area contributed by atoms with Crippen LogP contribution in [0, 0.1) is 4.77 Å². The van der Waals surface area contributed by atoms with Crippen LogP contribution in [0.1, 0.15) is 0 Å². The maximum absolute atomic E-state index is 12.5. The predicted octanol–water partition coefficient (Wildman–Crippen LogP) is 3.88. The number of aromatic amines is 1. The summed E-state index contributed by atoms with van der Waals surface area (Å²) in [5, 5.41) is 2.50. The van der Waals surface area contributed by atoms with Crippen LogP contribution in [0.15, 0.2) is 38.9 Å². The second kappa shape index (κ2) is 5.16. The van der Waals surface area contributed by atoms with Crippen LogP contribution in [-0.4, -0.2) is 16.7 Å². The number of rotatable bonds is 2. The Morgan fingerprint density at radius 1 is 1.40 bits per heavy atom. The van der Waals surface area contributed by atoms with Crippen molar-refractivity contribution in [2.45, 2.75) is 0 Å². The van der Waals surface area contributed by atoms with Crippen LogP contribution in [0.4, 0.5) is 0 Å². The van der Waals surface area contributed by atoms with Crippen molar-refractivity contribution in [3.63, 3.8) is 0 Å². The zero-order chi connectivity index (χ0) is 14.3. The molecule has 20 heavy (non-hydrogen) atoms. The largest absolute Gasteiger partial charge is 0.496 e. The minimum absolute atomic E-state index is 0.123. The summed E-state index contributed by atoms with van der Waals surface area (Å²) in [5.74, 6) is 0.702. The maximum atomic E-state index is 12.5. The van der Waals surface area contributed by atoms with Gasteiger partial charge in [-0.15, -0.1) is 11.3 Å². The number of thiophene rings is 1. The minimum atomic E-state index is -0.123. The quantitative estimate of drug-likeness (QED) is 0.698. The summed E-state index contributed by atoms with van der Waals surface area (Å²) in [6.45, 7) is 0. The van der Waals surface area contributed by atoms with Crippen LogP contribution < -0.4 is 10.3 Å². The highest BCUT2D eigenvalue weighted by Crippen LogP contribution is 2.27. The first kappa shape index (κ1) is 13.5. The lowest BCUT2D eigenvalue weighted by Crippen LogP contribution is -2.19. The number of fused-ring (bicyclic) bond motifs is 1. The van der Waals surface area contributed by atoms with Crippen LogP contribution >= 0.6 is 39.5 Å². The molecule has 0 spiro atoms. The molecule has 0 saturated heterocycles. The molecule has 1 N–H and O–H groups in total. The van der Waals surface area contributed by atoms with E-state index in [4.69, 9.17) is 17.0 Å². The Morgan fingerprint density at radius 3 is 2.90 bits per heavy atom. The highest BCUT2D eigenvalue weighted by atomic mass is 79.9. The fourth-order valence-corrected chi connectivity index (χ4v) is 3.63. The van der Waals surface area contributed by atoms with Gasteiger partial charge in [-0.05, 0) is 57.8 Å². The van der Waals surface area contributed by atoms with E-state index < -0.39 is 0 Å². The molecule has 0 aliphatic carbocycles. The van der Waals surface area contributed by atoms with Gasteiger partial charge in [0.25, 0.3) is 5.56 Å². The third kappa shape index (κ3) is 2.11. The molecule has 2 heterocycles. The monoisotopic (exact) mass is 368 g/mol. The van der Waals surface area contributed by atoms with Gasteiger partial charge in [0.2, 0.25) is 0 Å². The van der Waals surface area contributed by atoms with Crippen molar-refractivity contribution in [1.82, 2.24) is 9.55 Å². The number of methoxy groups -OCH3 is 1. The number of H-pyrrole nitrogens is 1. The fraction of sp³-hybridized carbons (Fsp3) is 0.0769. The van der Waals surface area contributed by atoms with Crippen LogP contribution in [0.5, 0.6) is 5.75 Å². The lowest BCUT2D eigenvalue weighted by molar-refractivity contribution is 0.412. The van der Waals surface area contributed by atoms with Gasteiger partial charge < -0.3 is 9.72 Å². The van der Waals surface area contributed by atoms with Gasteiger partial charge in [-0.3, -0.25) is 9.36 Å². The summed E-state index contributed by atoms with van der Waals surface area (Å²) in [7, 11) is 1.59. The third-order valence-electron chi connectivity index (χ3n) is 2.92. The van der Waals surface area contributed by atoms with E-state index in [9.17, 15) is 4.79 Å². The van der Waals surface area contributed by atoms with Crippen LogP contribution in [0.2, 0.25) is 0 Å². The first-order valence-electron chi connectivity index (χ1n) is 5.68. The summed E-state index contributed by atoms with van der Waals surface area (Å²) >= 11 is 10.2. The zero-order valence-electron chi connectivity index (χ0n) is 10.3. The van der Waals surface area contributed by atoms with Gasteiger partial charge >= 0.3 is 0 Å². The number of nitrogens with one attached hydrogen (secondary N) is 1. The molecule has 0 atom stereocenters. The van der Waals surface area contributed by atoms with E-state index in [-0.39, 0.29) is 5.56 Å². The Kier molecular flexibility index (Phi) is 3.49. The molecule has 0 aliphatic heterocycles. The Balaban J connectivity index is 2.32. The van der Waals surface area contributed by atoms with Crippen molar-refractivity contribution in [3.05, 3.63) is 49.2 Å². The van der Waals surface area contributed by atoms with Crippen LogP contribution in [-0.2, 0) is 0 Å². The summed E-state index contributed by atoms with van der Waals surface area (Å²) in [4.78, 5) is 16.4. The van der Waals surface area contributed by atoms with E-state index in [0.717, 1.165) is 9.30 Å². The van der Waals surface area contributed by atoms with Gasteiger partial charge in [0.1, 0.15) is 10.6 Å². The van der Waals surface area contributed by atoms with Gasteiger partial charge in [-0.25, -0.2) is 0 Å². The number of aromatic nitrogens is 2. The van der Waals surface area contributed by atoms with Crippen LogP contribution in [0.25, 0.3) is 15.9 Å². The van der Waals surface area contributed by atoms with Crippen molar-refractivity contribution in [2.24, 2.45) is 0 Å². The molecule has 0 unspecified atom stereocenters. The summed E-state index contributed by atoms with van der Waals surface area (Å²) in [6.07, 6.45) is 0. The van der Waals surface area contributed by atoms with E-state index in [1.807, 2.05) is 11.4 Å². The Morgan fingerprint density at radius 2 is 2.20 bits per heavy atom. The van der Waals surface area contributed by atoms with Gasteiger partial charge in [0.05, 0.1) is 22.7 Å². The molecule has 0 bridgehead atoms. The number of halogens is 1. The van der Waals surface area contributed by atoms with E-state index in [2.05, 4.69) is 20.9 Å². The van der Waals surface area contributed by atoms with E-state index in [1.54, 1.807) is 25.3 Å². The topological polar surface area (TPSA) is 47.0 Å². The smallest absolute Gasteiger partial charge is 0.267 e. The Labute approximate surface area is 131 Å². The molecule has 0 aliphatic rings. The molecule has 3 aromatic rings. The van der Waals surface area contributed by atoms with Crippen molar-refractivity contribution in [1.29, 1.82) is 0 Å². The molecule has 4 nitrogen and oxygen atoms in total. The lowest BCUT2D eigenvalue weighted by atomic mass is 10.3. The number of hydrogen-bond acceptors (Lipinski definition) is 4. The predicted molar refractivity (Wildman–Crippen MR) is 86.9 cm³/mol. The fourth-order valence-electron chi connectivity index (χ4n) is 1.97. The molecule has 0 saturated carbocycles.